The van der Waals surface area contributed by atoms with Crippen LogP contribution < -0.4 is 5.32 Å². The molecule has 8 heteroatoms. The zero-order chi connectivity index (χ0) is 17.8. The second-order valence-corrected chi connectivity index (χ2v) is 5.82. The molecular formula is C17H15ClN4O3. The van der Waals surface area contributed by atoms with Crippen molar-refractivity contribution in [1.82, 2.24) is 15.0 Å². The van der Waals surface area contributed by atoms with Crippen molar-refractivity contribution in [2.75, 3.05) is 11.9 Å². The highest BCUT2D eigenvalue weighted by Gasteiger charge is 2.12. The third-order valence-electron chi connectivity index (χ3n) is 3.52. The quantitative estimate of drug-likeness (QED) is 0.708. The van der Waals surface area contributed by atoms with Gasteiger partial charge < -0.3 is 10.1 Å². The molecule has 0 aliphatic rings. The molecule has 0 spiro atoms. The molecule has 0 aliphatic carbocycles. The summed E-state index contributed by atoms with van der Waals surface area (Å²) in [5.41, 5.74) is 2.85. The largest absolute Gasteiger partial charge is 0.454 e. The number of aryl methyl sites for hydroxylation is 1. The summed E-state index contributed by atoms with van der Waals surface area (Å²) in [5, 5.41) is 11.0. The van der Waals surface area contributed by atoms with Crippen molar-refractivity contribution in [3.05, 3.63) is 53.1 Å². The van der Waals surface area contributed by atoms with Crippen LogP contribution in [0.1, 0.15) is 5.56 Å². The minimum absolute atomic E-state index is 0.121. The van der Waals surface area contributed by atoms with Gasteiger partial charge in [-0.3, -0.25) is 9.59 Å². The maximum absolute atomic E-state index is 11.9. The van der Waals surface area contributed by atoms with Gasteiger partial charge in [0.1, 0.15) is 12.1 Å². The number of carbonyl (C=O) groups is 2. The lowest BCUT2D eigenvalue weighted by molar-refractivity contribution is -0.148. The van der Waals surface area contributed by atoms with E-state index in [0.717, 1.165) is 11.1 Å². The number of amides is 1. The molecule has 0 saturated heterocycles. The van der Waals surface area contributed by atoms with Gasteiger partial charge in [-0.25, -0.2) is 4.68 Å². The van der Waals surface area contributed by atoms with E-state index >= 15 is 0 Å². The van der Waals surface area contributed by atoms with Crippen molar-refractivity contribution in [1.29, 1.82) is 0 Å². The van der Waals surface area contributed by atoms with E-state index in [9.17, 15) is 9.59 Å². The first-order chi connectivity index (χ1) is 12.0. The second-order valence-electron chi connectivity index (χ2n) is 5.41. The summed E-state index contributed by atoms with van der Waals surface area (Å²) in [6.07, 6.45) is 0. The maximum Gasteiger partial charge on any atom is 0.328 e. The van der Waals surface area contributed by atoms with E-state index in [1.54, 1.807) is 30.3 Å². The lowest BCUT2D eigenvalue weighted by Crippen LogP contribution is -2.23. The molecule has 128 valence electrons. The van der Waals surface area contributed by atoms with Gasteiger partial charge in [0.2, 0.25) is 0 Å². The van der Waals surface area contributed by atoms with Gasteiger partial charge in [0.05, 0.1) is 5.52 Å². The summed E-state index contributed by atoms with van der Waals surface area (Å²) in [4.78, 5) is 23.8. The first kappa shape index (κ1) is 16.9. The number of carbonyl (C=O) groups excluding carboxylic acids is 2. The molecule has 1 aromatic heterocycles. The van der Waals surface area contributed by atoms with Crippen LogP contribution >= 0.6 is 11.6 Å². The highest BCUT2D eigenvalue weighted by atomic mass is 35.5. The standard InChI is InChI=1S/C17H15ClN4O3/c1-11-6-7-12(8-13(11)18)19-16(23)10-25-17(24)9-22-15-5-3-2-4-14(15)20-21-22/h2-8H,9-10H2,1H3,(H,19,23). The fourth-order valence-electron chi connectivity index (χ4n) is 2.22. The predicted octanol–water partition coefficient (Wildman–Crippen LogP) is 2.58. The molecular weight excluding hydrogens is 344 g/mol. The molecule has 0 unspecified atom stereocenters. The van der Waals surface area contributed by atoms with Crippen LogP contribution in [0.5, 0.6) is 0 Å². The van der Waals surface area contributed by atoms with E-state index < -0.39 is 18.5 Å². The first-order valence-corrected chi connectivity index (χ1v) is 7.90. The Kier molecular flexibility index (Phi) is 4.95. The average Bonchev–Trinajstić information content (AvgIpc) is 2.99. The molecule has 1 amide bonds. The number of nitrogens with zero attached hydrogens (tertiary/aromatic N) is 3. The number of para-hydroxylation sites is 1. The summed E-state index contributed by atoms with van der Waals surface area (Å²) in [6.45, 7) is 1.35. The summed E-state index contributed by atoms with van der Waals surface area (Å²) >= 11 is 6.00. The Hall–Kier alpha value is -2.93. The van der Waals surface area contributed by atoms with E-state index in [-0.39, 0.29) is 6.54 Å². The molecule has 25 heavy (non-hydrogen) atoms. The third-order valence-corrected chi connectivity index (χ3v) is 3.93. The Morgan fingerprint density at radius 1 is 1.24 bits per heavy atom. The van der Waals surface area contributed by atoms with Crippen LogP contribution in [-0.4, -0.2) is 33.5 Å². The number of ether oxygens (including phenoxy) is 1. The van der Waals surface area contributed by atoms with E-state index in [0.29, 0.717) is 16.2 Å². The molecule has 2 aromatic carbocycles. The number of benzene rings is 2. The third kappa shape index (κ3) is 4.13. The summed E-state index contributed by atoms with van der Waals surface area (Å²) in [6, 6.07) is 12.4. The number of fused-ring (bicyclic) bond motifs is 1. The molecule has 1 N–H and O–H groups in total. The van der Waals surface area contributed by atoms with Crippen molar-refractivity contribution in [2.24, 2.45) is 0 Å². The summed E-state index contributed by atoms with van der Waals surface area (Å²) < 4.78 is 6.41. The number of rotatable bonds is 5. The van der Waals surface area contributed by atoms with E-state index in [4.69, 9.17) is 16.3 Å². The number of hydrogen-bond donors (Lipinski definition) is 1. The Labute approximate surface area is 148 Å². The molecule has 0 aliphatic heterocycles. The average molecular weight is 359 g/mol. The van der Waals surface area contributed by atoms with Crippen LogP contribution in [0, 0.1) is 6.92 Å². The van der Waals surface area contributed by atoms with Gasteiger partial charge in [0, 0.05) is 10.7 Å². The van der Waals surface area contributed by atoms with Gasteiger partial charge in [-0.15, -0.1) is 5.10 Å². The summed E-state index contributed by atoms with van der Waals surface area (Å²) in [5.74, 6) is -1.02. The number of nitrogens with one attached hydrogen (secondary N) is 1. The first-order valence-electron chi connectivity index (χ1n) is 7.53. The number of halogens is 1. The molecule has 0 saturated carbocycles. The van der Waals surface area contributed by atoms with Crippen molar-refractivity contribution >= 4 is 40.2 Å². The normalized spacial score (nSPS) is 10.6. The zero-order valence-electron chi connectivity index (χ0n) is 13.4. The van der Waals surface area contributed by atoms with Crippen molar-refractivity contribution in [2.45, 2.75) is 13.5 Å². The fourth-order valence-corrected chi connectivity index (χ4v) is 2.40. The van der Waals surface area contributed by atoms with Crippen LogP contribution in [-0.2, 0) is 20.9 Å². The lowest BCUT2D eigenvalue weighted by atomic mass is 10.2. The molecule has 0 radical (unpaired) electrons. The summed E-state index contributed by atoms with van der Waals surface area (Å²) in [7, 11) is 0. The number of anilines is 1. The Morgan fingerprint density at radius 2 is 2.04 bits per heavy atom. The van der Waals surface area contributed by atoms with Gasteiger partial charge in [0.25, 0.3) is 5.91 Å². The molecule has 1 heterocycles. The Morgan fingerprint density at radius 3 is 2.84 bits per heavy atom. The van der Waals surface area contributed by atoms with Gasteiger partial charge >= 0.3 is 5.97 Å². The van der Waals surface area contributed by atoms with E-state index in [1.165, 1.54) is 4.68 Å². The van der Waals surface area contributed by atoms with Crippen molar-refractivity contribution < 1.29 is 14.3 Å². The van der Waals surface area contributed by atoms with Crippen molar-refractivity contribution in [3.63, 3.8) is 0 Å². The topological polar surface area (TPSA) is 86.1 Å². The Bertz CT molecular complexity index is 939. The second kappa shape index (κ2) is 7.31. The molecule has 3 aromatic rings. The highest BCUT2D eigenvalue weighted by Crippen LogP contribution is 2.19. The maximum atomic E-state index is 11.9. The van der Waals surface area contributed by atoms with Crippen molar-refractivity contribution in [3.8, 4) is 0 Å². The molecule has 3 rings (SSSR count). The number of esters is 1. The van der Waals surface area contributed by atoms with Gasteiger partial charge in [-0.05, 0) is 36.8 Å². The monoisotopic (exact) mass is 358 g/mol. The highest BCUT2D eigenvalue weighted by molar-refractivity contribution is 6.31. The van der Waals surface area contributed by atoms with Gasteiger partial charge in [-0.2, -0.15) is 0 Å². The number of aromatic nitrogens is 3. The minimum atomic E-state index is -0.576. The molecule has 0 atom stereocenters. The number of hydrogen-bond acceptors (Lipinski definition) is 5. The zero-order valence-corrected chi connectivity index (χ0v) is 14.2. The van der Waals surface area contributed by atoms with Crippen LogP contribution in [0.15, 0.2) is 42.5 Å². The van der Waals surface area contributed by atoms with Crippen LogP contribution in [0.3, 0.4) is 0 Å². The van der Waals surface area contributed by atoms with Crippen LogP contribution in [0.25, 0.3) is 11.0 Å². The molecule has 0 bridgehead atoms. The van der Waals surface area contributed by atoms with Crippen LogP contribution in [0.2, 0.25) is 5.02 Å². The van der Waals surface area contributed by atoms with E-state index in [2.05, 4.69) is 15.6 Å². The fraction of sp³-hybridized carbons (Fsp3) is 0.176. The predicted molar refractivity (Wildman–Crippen MR) is 93.3 cm³/mol. The van der Waals surface area contributed by atoms with Gasteiger partial charge in [0.15, 0.2) is 6.61 Å². The lowest BCUT2D eigenvalue weighted by Gasteiger charge is -2.08. The molecule has 0 fully saturated rings. The van der Waals surface area contributed by atoms with Gasteiger partial charge in [-0.1, -0.05) is 35.0 Å². The van der Waals surface area contributed by atoms with E-state index in [1.807, 2.05) is 19.1 Å². The Balaban J connectivity index is 1.53. The minimum Gasteiger partial charge on any atom is -0.454 e. The SMILES string of the molecule is Cc1ccc(NC(=O)COC(=O)Cn2nnc3ccccc32)cc1Cl. The molecule has 7 nitrogen and oxygen atoms in total. The van der Waals surface area contributed by atoms with Crippen LogP contribution in [0.4, 0.5) is 5.69 Å². The smallest absolute Gasteiger partial charge is 0.328 e.